The third-order valence-corrected chi connectivity index (χ3v) is 25.0. The van der Waals surface area contributed by atoms with E-state index in [0.717, 1.165) is 54.3 Å². The Balaban J connectivity index is 0.000000140. The third kappa shape index (κ3) is 15.9. The number of fused-ring (bicyclic) bond motifs is 6. The van der Waals surface area contributed by atoms with Crippen LogP contribution in [0.5, 0.6) is 0 Å². The molecular formula is C82H96F6N16O8. The van der Waals surface area contributed by atoms with Gasteiger partial charge in [0.1, 0.15) is 17.5 Å². The Morgan fingerprint density at radius 2 is 0.741 bits per heavy atom. The van der Waals surface area contributed by atoms with Gasteiger partial charge in [-0.3, -0.25) is 19.2 Å². The fourth-order valence-electron chi connectivity index (χ4n) is 18.5. The minimum absolute atomic E-state index is 0.0377. The molecule has 6 aromatic rings. The third-order valence-electron chi connectivity index (χ3n) is 25.0. The molecule has 0 aliphatic carbocycles. The fourth-order valence-corrected chi connectivity index (χ4v) is 18.5. The highest BCUT2D eigenvalue weighted by molar-refractivity contribution is 6.07. The van der Waals surface area contributed by atoms with Crippen LogP contribution in [0.25, 0.3) is 0 Å². The van der Waals surface area contributed by atoms with E-state index in [1.165, 1.54) is 12.1 Å². The summed E-state index contributed by atoms with van der Waals surface area (Å²) >= 11 is 0. The number of rotatable bonds is 8. The van der Waals surface area contributed by atoms with E-state index in [1.807, 2.05) is 43.3 Å². The second-order valence-corrected chi connectivity index (χ2v) is 31.3. The van der Waals surface area contributed by atoms with Gasteiger partial charge in [0, 0.05) is 163 Å². The summed E-state index contributed by atoms with van der Waals surface area (Å²) in [5, 5.41) is 18.0. The van der Waals surface area contributed by atoms with Crippen molar-refractivity contribution in [3.8, 4) is 0 Å². The van der Waals surface area contributed by atoms with E-state index in [4.69, 9.17) is 0 Å². The van der Waals surface area contributed by atoms with E-state index in [1.54, 1.807) is 79.2 Å². The second-order valence-electron chi connectivity index (χ2n) is 31.3. The number of nitrogens with one attached hydrogen (secondary N) is 6. The summed E-state index contributed by atoms with van der Waals surface area (Å²) in [4.78, 5) is 130. The number of piperidine rings is 3. The molecule has 0 unspecified atom stereocenters. The minimum Gasteiger partial charge on any atom is -0.340 e. The predicted octanol–water partition coefficient (Wildman–Crippen LogP) is 11.0. The van der Waals surface area contributed by atoms with Gasteiger partial charge in [-0.15, -0.1) is 0 Å². The molecule has 16 rings (SSSR count). The fraction of sp³-hybridized carbons (Fsp3) is 0.500. The number of hydrogen-bond acceptors (Lipinski definition) is 12. The lowest BCUT2D eigenvalue weighted by Crippen LogP contribution is -2.54. The number of likely N-dealkylation sites (tertiary alicyclic amines) is 7. The van der Waals surface area contributed by atoms with Crippen LogP contribution in [0.1, 0.15) is 161 Å². The van der Waals surface area contributed by atoms with Crippen molar-refractivity contribution >= 4 is 65.2 Å². The smallest absolute Gasteiger partial charge is 0.320 e. The topological polar surface area (TPSA) is 270 Å². The number of benzene rings is 3. The zero-order valence-corrected chi connectivity index (χ0v) is 63.1. The van der Waals surface area contributed by atoms with Gasteiger partial charge in [0.15, 0.2) is 34.9 Å². The predicted molar refractivity (Wildman–Crippen MR) is 405 cm³/mol. The number of pyridine rings is 3. The maximum Gasteiger partial charge on any atom is 0.320 e. The summed E-state index contributed by atoms with van der Waals surface area (Å²) in [7, 11) is 0. The zero-order chi connectivity index (χ0) is 78.6. The van der Waals surface area contributed by atoms with E-state index >= 15 is 0 Å². The average Bonchev–Trinajstić information content (AvgIpc) is 1.60. The van der Waals surface area contributed by atoms with Crippen molar-refractivity contribution in [2.24, 2.45) is 0 Å². The lowest BCUT2D eigenvalue weighted by Gasteiger charge is -2.38. The first-order valence-electron chi connectivity index (χ1n) is 39.4. The molecule has 24 nitrogen and oxygen atoms in total. The minimum atomic E-state index is -0.905. The molecule has 0 radical (unpaired) electrons. The molecule has 594 valence electrons. The molecule has 3 aromatic heterocycles. The second kappa shape index (κ2) is 33.5. The van der Waals surface area contributed by atoms with Crippen LogP contribution in [0.3, 0.4) is 0 Å². The largest absolute Gasteiger partial charge is 0.340 e. The van der Waals surface area contributed by atoms with E-state index in [0.29, 0.717) is 179 Å². The van der Waals surface area contributed by atoms with E-state index in [-0.39, 0.29) is 114 Å². The van der Waals surface area contributed by atoms with E-state index in [9.17, 15) is 64.7 Å². The lowest BCUT2D eigenvalue weighted by atomic mass is 9.74. The average molecular weight is 1550 g/mol. The van der Waals surface area contributed by atoms with Crippen LogP contribution >= 0.6 is 0 Å². The van der Waals surface area contributed by atoms with Gasteiger partial charge in [0.05, 0.1) is 16.2 Å². The van der Waals surface area contributed by atoms with Crippen LogP contribution in [-0.4, -0.2) is 213 Å². The van der Waals surface area contributed by atoms with E-state index in [2.05, 4.69) is 51.8 Å². The van der Waals surface area contributed by atoms with Gasteiger partial charge in [-0.1, -0.05) is 68.4 Å². The number of carbonyl (C=O) groups excluding carboxylic acids is 8. The first-order valence-corrected chi connectivity index (χ1v) is 39.4. The SMILES string of the molecule is CCC(=O)N1C[C@H](NC(=O)N2CCC3(CC2)C(=O)Nc2ncccc23)CC[C@@H](c2cccc(F)c2F)C1.CCN1C[C@H](NC(=O)N2CCC3(CC2)C(=O)Nc2ncccc23)CC[C@@H](c2cccc(F)c2F)C1.O=C(N[C@@H]1CC[C@@H](c2cccc(F)c2F)CN(C(=O)N2CCCC2)C1)N1CCC2(CC1)C(=O)Nc1ncccc12. The molecule has 0 saturated carbocycles. The number of anilines is 3. The number of hydrogen-bond donors (Lipinski definition) is 6. The van der Waals surface area contributed by atoms with Crippen molar-refractivity contribution in [2.45, 2.75) is 162 Å². The highest BCUT2D eigenvalue weighted by atomic mass is 19.2. The Morgan fingerprint density at radius 3 is 1.10 bits per heavy atom. The molecule has 112 heavy (non-hydrogen) atoms. The van der Waals surface area contributed by atoms with Crippen LogP contribution in [0, 0.1) is 34.9 Å². The Hall–Kier alpha value is -10.4. The van der Waals surface area contributed by atoms with Crippen LogP contribution in [0.15, 0.2) is 110 Å². The van der Waals surface area contributed by atoms with Gasteiger partial charge in [-0.2, -0.15) is 0 Å². The van der Waals surface area contributed by atoms with Gasteiger partial charge in [0.2, 0.25) is 23.6 Å². The molecule has 0 bridgehead atoms. The summed E-state index contributed by atoms with van der Waals surface area (Å²) in [6, 6.07) is 22.4. The molecule has 30 heteroatoms. The molecule has 6 atom stereocenters. The van der Waals surface area contributed by atoms with Crippen molar-refractivity contribution in [1.29, 1.82) is 0 Å². The van der Waals surface area contributed by atoms with Gasteiger partial charge in [-0.05, 0) is 155 Å². The summed E-state index contributed by atoms with van der Waals surface area (Å²) in [6.45, 7) is 10.9. The van der Waals surface area contributed by atoms with Crippen LogP contribution < -0.4 is 31.9 Å². The summed E-state index contributed by atoms with van der Waals surface area (Å²) in [6.07, 6.45) is 13.6. The molecule has 12 amide bonds. The maximum absolute atomic E-state index is 14.7. The Labute approximate surface area is 646 Å². The number of halogens is 6. The standard InChI is InChI=1S/C29H34F2N6O3.C27H31F2N5O3.C26H31F2N5O2/c30-23-7-3-5-21(24(23)31)19-8-9-20(18-37(17-19)28(40)36-13-1-2-14-36)33-27(39)35-15-10-29(11-16-35)22-6-4-12-32-25(22)34-26(29)38;1-2-22(35)34-15-17(19-5-3-7-21(28)23(19)29)8-9-18(16-34)31-26(37)33-13-10-27(11-14-33)20-6-4-12-30-24(20)32-25(27)36;1-2-32-15-17(19-5-3-7-21(27)22(19)28)8-9-18(16-32)30-25(35)33-13-10-26(11-14-33)20-6-4-12-29-23(20)31-24(26)34/h3-7,12,19-20H,1-2,8-11,13-18H2,(H,33,39)(H,32,34,38);3-7,12,17-18H,2,8-11,13-16H2,1H3,(H,31,37)(H,30,32,36);3-7,12,17-18H,2,8-11,13-16H2,1H3,(H,30,35)(H,29,31,34)/t19-,20-;2*17-,18-/m111/s1. The Kier molecular flexibility index (Phi) is 23.4. The molecule has 10 aliphatic rings. The highest BCUT2D eigenvalue weighted by Gasteiger charge is 2.53. The number of urea groups is 4. The molecule has 3 spiro atoms. The maximum atomic E-state index is 14.7. The monoisotopic (exact) mass is 1550 g/mol. The molecule has 3 aromatic carbocycles. The van der Waals surface area contributed by atoms with Gasteiger partial charge in [0.25, 0.3) is 0 Å². The first kappa shape index (κ1) is 78.3. The molecule has 10 aliphatic heterocycles. The van der Waals surface area contributed by atoms with Crippen molar-refractivity contribution in [3.63, 3.8) is 0 Å². The lowest BCUT2D eigenvalue weighted by molar-refractivity contribution is -0.131. The number of nitrogens with zero attached hydrogens (tertiary/aromatic N) is 10. The van der Waals surface area contributed by atoms with E-state index < -0.39 is 51.1 Å². The van der Waals surface area contributed by atoms with Gasteiger partial charge < -0.3 is 66.2 Å². The summed E-state index contributed by atoms with van der Waals surface area (Å²) in [5.41, 5.74) is 1.64. The van der Waals surface area contributed by atoms with Crippen LogP contribution in [0.4, 0.5) is 63.0 Å². The van der Waals surface area contributed by atoms with Crippen molar-refractivity contribution in [3.05, 3.63) is 178 Å². The van der Waals surface area contributed by atoms with Crippen molar-refractivity contribution in [1.82, 2.24) is 65.2 Å². The summed E-state index contributed by atoms with van der Waals surface area (Å²) < 4.78 is 85.5. The Bertz CT molecular complexity index is 4530. The number of amides is 12. The molecule has 6 N–H and O–H groups in total. The van der Waals surface area contributed by atoms with Crippen LogP contribution in [0.2, 0.25) is 0 Å². The highest BCUT2D eigenvalue weighted by Crippen LogP contribution is 2.47. The normalized spacial score (nSPS) is 23.7. The van der Waals surface area contributed by atoms with Crippen LogP contribution in [-0.2, 0) is 35.4 Å². The molecule has 7 saturated heterocycles. The molecule has 7 fully saturated rings. The van der Waals surface area contributed by atoms with Gasteiger partial charge >= 0.3 is 24.1 Å². The number of aromatic nitrogens is 3. The zero-order valence-electron chi connectivity index (χ0n) is 63.1. The first-order chi connectivity index (χ1) is 54.1. The Morgan fingerprint density at radius 1 is 0.402 bits per heavy atom. The molecular weight excluding hydrogens is 1450 g/mol. The molecule has 13 heterocycles. The summed E-state index contributed by atoms with van der Waals surface area (Å²) in [5.74, 6) is -4.50. The van der Waals surface area contributed by atoms with Crippen molar-refractivity contribution in [2.75, 3.05) is 114 Å². The quantitative estimate of drug-likeness (QED) is 0.0777. The van der Waals surface area contributed by atoms with Gasteiger partial charge in [-0.25, -0.2) is 60.5 Å². The number of carbonyl (C=O) groups is 8. The number of likely N-dealkylation sites (N-methyl/N-ethyl adjacent to an activating group) is 1. The van der Waals surface area contributed by atoms with Crippen molar-refractivity contribution < 1.29 is 64.7 Å².